The van der Waals surface area contributed by atoms with Crippen molar-refractivity contribution in [1.29, 1.82) is 0 Å². The highest BCUT2D eigenvalue weighted by atomic mass is 16.9. The first-order valence-electron chi connectivity index (χ1n) is 10.4. The van der Waals surface area contributed by atoms with Gasteiger partial charge in [-0.25, -0.2) is 0 Å². The van der Waals surface area contributed by atoms with Gasteiger partial charge in [-0.15, -0.1) is 0 Å². The minimum atomic E-state index is -0.275. The van der Waals surface area contributed by atoms with Gasteiger partial charge in [-0.05, 0) is 79.4 Å². The van der Waals surface area contributed by atoms with Crippen LogP contribution in [0.2, 0.25) is 0 Å². The van der Waals surface area contributed by atoms with Crippen LogP contribution in [0.1, 0.15) is 38.2 Å². The van der Waals surface area contributed by atoms with E-state index >= 15 is 0 Å². The third-order valence-electron chi connectivity index (χ3n) is 6.20. The van der Waals surface area contributed by atoms with Gasteiger partial charge in [-0.2, -0.15) is 10.0 Å². The summed E-state index contributed by atoms with van der Waals surface area (Å²) in [6.07, 6.45) is 0. The van der Waals surface area contributed by atoms with Crippen LogP contribution < -0.4 is 14.8 Å². The fourth-order valence-electron chi connectivity index (χ4n) is 4.30. The van der Waals surface area contributed by atoms with Crippen molar-refractivity contribution in [2.75, 3.05) is 17.1 Å². The van der Waals surface area contributed by atoms with Crippen molar-refractivity contribution in [2.45, 2.75) is 27.7 Å². The molecule has 3 aromatic carbocycles. The Morgan fingerprint density at radius 1 is 0.906 bits per heavy atom. The molecular weight excluding hydrogens is 404 g/mol. The van der Waals surface area contributed by atoms with Gasteiger partial charge in [-0.1, -0.05) is 30.3 Å². The summed E-state index contributed by atoms with van der Waals surface area (Å²) in [7, 11) is 1.55. The van der Waals surface area contributed by atoms with Gasteiger partial charge < -0.3 is 4.74 Å². The van der Waals surface area contributed by atoms with Crippen LogP contribution in [0, 0.1) is 27.7 Å². The quantitative estimate of drug-likeness (QED) is 0.598. The Morgan fingerprint density at radius 2 is 1.53 bits per heavy atom. The number of benzene rings is 3. The summed E-state index contributed by atoms with van der Waals surface area (Å²) < 4.78 is 5.42. The lowest BCUT2D eigenvalue weighted by atomic mass is 9.93. The second-order valence-electron chi connectivity index (χ2n) is 8.00. The molecule has 0 bridgehead atoms. The van der Waals surface area contributed by atoms with Gasteiger partial charge in [0, 0.05) is 5.56 Å². The van der Waals surface area contributed by atoms with Crippen molar-refractivity contribution >= 4 is 23.1 Å². The second kappa shape index (κ2) is 7.39. The van der Waals surface area contributed by atoms with Gasteiger partial charge in [0.25, 0.3) is 5.91 Å². The van der Waals surface area contributed by atoms with Crippen molar-refractivity contribution in [3.63, 3.8) is 0 Å². The molecule has 0 unspecified atom stereocenters. The Balaban J connectivity index is 1.64. The van der Waals surface area contributed by atoms with E-state index < -0.39 is 0 Å². The SMILES string of the molecule is COc1ccccc1C(=O)N1c2ccccc2N2C(c3c(C)c(C)cc(C)c3C)=NON12. The zero-order chi connectivity index (χ0) is 22.6. The zero-order valence-corrected chi connectivity index (χ0v) is 18.7. The third-order valence-corrected chi connectivity index (χ3v) is 6.20. The van der Waals surface area contributed by atoms with Crippen LogP contribution in [0.3, 0.4) is 0 Å². The van der Waals surface area contributed by atoms with Crippen LogP contribution in [0.4, 0.5) is 11.4 Å². The number of ether oxygens (including phenoxy) is 1. The molecule has 32 heavy (non-hydrogen) atoms. The number of anilines is 2. The van der Waals surface area contributed by atoms with Crippen molar-refractivity contribution in [1.82, 2.24) is 5.28 Å². The van der Waals surface area contributed by atoms with E-state index in [1.54, 1.807) is 19.2 Å². The highest BCUT2D eigenvalue weighted by Gasteiger charge is 2.48. The first-order valence-corrected chi connectivity index (χ1v) is 10.4. The van der Waals surface area contributed by atoms with Crippen molar-refractivity contribution < 1.29 is 14.5 Å². The van der Waals surface area contributed by atoms with Crippen LogP contribution in [0.5, 0.6) is 5.75 Å². The van der Waals surface area contributed by atoms with Crippen LogP contribution >= 0.6 is 0 Å². The lowest BCUT2D eigenvalue weighted by molar-refractivity contribution is -0.135. The van der Waals surface area contributed by atoms with Crippen molar-refractivity contribution in [2.24, 2.45) is 5.16 Å². The Morgan fingerprint density at radius 3 is 2.22 bits per heavy atom. The maximum atomic E-state index is 13.7. The fraction of sp³-hybridized carbons (Fsp3) is 0.200. The molecule has 0 saturated heterocycles. The highest BCUT2D eigenvalue weighted by Crippen LogP contribution is 2.44. The number of nitrogens with zero attached hydrogens (tertiary/aromatic N) is 4. The fourth-order valence-corrected chi connectivity index (χ4v) is 4.30. The van der Waals surface area contributed by atoms with E-state index in [0.717, 1.165) is 22.4 Å². The molecule has 0 spiro atoms. The predicted molar refractivity (Wildman–Crippen MR) is 124 cm³/mol. The number of methoxy groups -OCH3 is 1. The summed E-state index contributed by atoms with van der Waals surface area (Å²) in [6.45, 7) is 8.35. The standard InChI is InChI=1S/C25H24N4O3/c1-15-14-16(2)18(4)23(17(15)3)24-26-32-29-27(24)20-11-7-8-12-21(20)28(29)25(30)19-10-6-9-13-22(19)31-5/h6-14H,1-5H3. The number of para-hydroxylation sites is 3. The molecule has 7 nitrogen and oxygen atoms in total. The van der Waals surface area contributed by atoms with Gasteiger partial charge in [0.2, 0.25) is 5.84 Å². The number of amidine groups is 1. The van der Waals surface area contributed by atoms with E-state index in [2.05, 4.69) is 38.9 Å². The number of oxime groups is 1. The molecule has 7 heteroatoms. The van der Waals surface area contributed by atoms with Crippen molar-refractivity contribution in [3.05, 3.63) is 88.0 Å². The molecule has 0 aliphatic carbocycles. The van der Waals surface area contributed by atoms with Gasteiger partial charge >= 0.3 is 0 Å². The summed E-state index contributed by atoms with van der Waals surface area (Å²) in [4.78, 5) is 19.4. The maximum Gasteiger partial charge on any atom is 0.280 e. The average Bonchev–Trinajstić information content (AvgIpc) is 3.36. The summed E-state index contributed by atoms with van der Waals surface area (Å²) in [5, 5.41) is 9.14. The van der Waals surface area contributed by atoms with Gasteiger partial charge in [-0.3, -0.25) is 9.73 Å². The highest BCUT2D eigenvalue weighted by molar-refractivity contribution is 6.18. The van der Waals surface area contributed by atoms with Crippen LogP contribution in [0.25, 0.3) is 0 Å². The van der Waals surface area contributed by atoms with E-state index in [1.165, 1.54) is 21.4 Å². The Bertz CT molecular complexity index is 1260. The number of hydrogen-bond donors (Lipinski definition) is 0. The molecule has 0 radical (unpaired) electrons. The summed E-state index contributed by atoms with van der Waals surface area (Å²) in [5.41, 5.74) is 7.57. The topological polar surface area (TPSA) is 57.6 Å². The molecule has 0 saturated carbocycles. The third kappa shape index (κ3) is 2.78. The first kappa shape index (κ1) is 20.1. The van der Waals surface area contributed by atoms with Gasteiger partial charge in [0.05, 0.1) is 29.3 Å². The Kier molecular flexibility index (Phi) is 4.64. The van der Waals surface area contributed by atoms with E-state index in [4.69, 9.17) is 9.68 Å². The number of amides is 1. The average molecular weight is 428 g/mol. The number of carbonyl (C=O) groups is 1. The normalized spacial score (nSPS) is 14.7. The minimum Gasteiger partial charge on any atom is -0.496 e. The monoisotopic (exact) mass is 428 g/mol. The molecule has 3 aromatic rings. The second-order valence-corrected chi connectivity index (χ2v) is 8.00. The molecule has 2 aliphatic rings. The lowest BCUT2D eigenvalue weighted by Gasteiger charge is -2.26. The molecule has 162 valence electrons. The van der Waals surface area contributed by atoms with Crippen LogP contribution in [-0.2, 0) is 4.94 Å². The summed E-state index contributed by atoms with van der Waals surface area (Å²) >= 11 is 0. The Labute approximate surface area is 187 Å². The number of fused-ring (bicyclic) bond motifs is 3. The largest absolute Gasteiger partial charge is 0.496 e. The van der Waals surface area contributed by atoms with Crippen LogP contribution in [0.15, 0.2) is 59.8 Å². The van der Waals surface area contributed by atoms with Crippen LogP contribution in [-0.4, -0.2) is 24.1 Å². The predicted octanol–water partition coefficient (Wildman–Crippen LogP) is 4.83. The lowest BCUT2D eigenvalue weighted by Crippen LogP contribution is -2.49. The number of hydrogen-bond acceptors (Lipinski definition) is 6. The van der Waals surface area contributed by atoms with Gasteiger partial charge in [0.1, 0.15) is 5.75 Å². The maximum absolute atomic E-state index is 13.7. The molecule has 2 heterocycles. The molecule has 0 N–H and O–H groups in total. The molecule has 2 aliphatic heterocycles. The molecule has 1 amide bonds. The number of carbonyl (C=O) groups excluding carboxylic acids is 1. The molecule has 0 fully saturated rings. The minimum absolute atomic E-state index is 0.275. The van der Waals surface area contributed by atoms with E-state index in [0.29, 0.717) is 22.8 Å². The first-order chi connectivity index (χ1) is 15.4. The molecular formula is C25H24N4O3. The summed E-state index contributed by atoms with van der Waals surface area (Å²) in [5.74, 6) is 0.868. The van der Waals surface area contributed by atoms with Gasteiger partial charge in [0.15, 0.2) is 0 Å². The van der Waals surface area contributed by atoms with E-state index in [1.807, 2.05) is 41.4 Å². The zero-order valence-electron chi connectivity index (χ0n) is 18.7. The van der Waals surface area contributed by atoms with E-state index in [9.17, 15) is 4.79 Å². The molecule has 5 rings (SSSR count). The van der Waals surface area contributed by atoms with Crippen molar-refractivity contribution in [3.8, 4) is 5.75 Å². The van der Waals surface area contributed by atoms with E-state index in [-0.39, 0.29) is 5.91 Å². The number of hydrazine groups is 2. The molecule has 0 atom stereocenters. The smallest absolute Gasteiger partial charge is 0.280 e. The summed E-state index contributed by atoms with van der Waals surface area (Å²) in [6, 6.07) is 17.0. The molecule has 0 aromatic heterocycles. The number of aryl methyl sites for hydroxylation is 2. The Hall–Kier alpha value is -3.84. The number of rotatable bonds is 3.